The SMILES string of the molecule is O=C(NCc1cccnc1)c1ccc2c(c1)NC(=O)c1ccccc1S2(=O)=O. The Balaban J connectivity index is 1.67. The fourth-order valence-corrected chi connectivity index (χ4v) is 4.58. The fourth-order valence-electron chi connectivity index (χ4n) is 2.99. The number of pyridine rings is 1. The number of nitrogens with zero attached hydrogens (tertiary/aromatic N) is 1. The van der Waals surface area contributed by atoms with Crippen molar-refractivity contribution in [1.29, 1.82) is 0 Å². The third kappa shape index (κ3) is 3.14. The topological polar surface area (TPSA) is 105 Å². The Morgan fingerprint density at radius 2 is 1.86 bits per heavy atom. The van der Waals surface area contributed by atoms with Gasteiger partial charge in [0.25, 0.3) is 11.8 Å². The standard InChI is InChI=1S/C20H15N3O4S/c24-19(22-12-13-4-3-9-21-11-13)14-7-8-18-16(10-14)23-20(25)15-5-1-2-6-17(15)28(18,26)27/h1-11H,12H2,(H,22,24)(H,23,25). The van der Waals surface area contributed by atoms with Gasteiger partial charge in [-0.2, -0.15) is 0 Å². The monoisotopic (exact) mass is 393 g/mol. The highest BCUT2D eigenvalue weighted by Gasteiger charge is 2.31. The summed E-state index contributed by atoms with van der Waals surface area (Å²) in [5.74, 6) is -0.925. The molecule has 140 valence electrons. The van der Waals surface area contributed by atoms with Crippen LogP contribution in [-0.4, -0.2) is 25.2 Å². The lowest BCUT2D eigenvalue weighted by molar-refractivity contribution is 0.0949. The Kier molecular flexibility index (Phi) is 4.40. The molecule has 2 N–H and O–H groups in total. The second-order valence-electron chi connectivity index (χ2n) is 6.21. The molecule has 0 saturated carbocycles. The van der Waals surface area contributed by atoms with Gasteiger partial charge in [-0.1, -0.05) is 18.2 Å². The number of hydrogen-bond acceptors (Lipinski definition) is 5. The van der Waals surface area contributed by atoms with Gasteiger partial charge in [-0.3, -0.25) is 14.6 Å². The van der Waals surface area contributed by atoms with Crippen LogP contribution < -0.4 is 10.6 Å². The van der Waals surface area contributed by atoms with Gasteiger partial charge in [0, 0.05) is 24.5 Å². The summed E-state index contributed by atoms with van der Waals surface area (Å²) < 4.78 is 25.9. The average molecular weight is 393 g/mol. The molecule has 4 rings (SSSR count). The van der Waals surface area contributed by atoms with Crippen molar-refractivity contribution < 1.29 is 18.0 Å². The van der Waals surface area contributed by atoms with Crippen LogP contribution in [0.15, 0.2) is 76.8 Å². The maximum absolute atomic E-state index is 13.0. The summed E-state index contributed by atoms with van der Waals surface area (Å²) in [6.07, 6.45) is 3.28. The summed E-state index contributed by atoms with van der Waals surface area (Å²) in [6, 6.07) is 13.7. The molecule has 28 heavy (non-hydrogen) atoms. The van der Waals surface area contributed by atoms with Crippen molar-refractivity contribution in [2.24, 2.45) is 0 Å². The van der Waals surface area contributed by atoms with Crippen molar-refractivity contribution in [3.63, 3.8) is 0 Å². The number of nitrogens with one attached hydrogen (secondary N) is 2. The normalized spacial score (nSPS) is 14.2. The lowest BCUT2D eigenvalue weighted by Gasteiger charge is -2.10. The lowest BCUT2D eigenvalue weighted by Crippen LogP contribution is -2.23. The first kappa shape index (κ1) is 17.9. The van der Waals surface area contributed by atoms with E-state index < -0.39 is 15.7 Å². The molecule has 0 unspecified atom stereocenters. The van der Waals surface area contributed by atoms with Gasteiger partial charge in [0.2, 0.25) is 9.84 Å². The zero-order valence-electron chi connectivity index (χ0n) is 14.5. The van der Waals surface area contributed by atoms with Gasteiger partial charge in [0.05, 0.1) is 21.0 Å². The molecular weight excluding hydrogens is 378 g/mol. The maximum Gasteiger partial charge on any atom is 0.257 e. The predicted octanol–water partition coefficient (Wildman–Crippen LogP) is 2.41. The van der Waals surface area contributed by atoms with E-state index in [4.69, 9.17) is 0 Å². The number of carbonyl (C=O) groups is 2. The fraction of sp³-hybridized carbons (Fsp3) is 0.0500. The number of carbonyl (C=O) groups excluding carboxylic acids is 2. The molecule has 3 aromatic rings. The second kappa shape index (κ2) is 6.90. The maximum atomic E-state index is 13.0. The second-order valence-corrected chi connectivity index (χ2v) is 8.10. The number of sulfone groups is 1. The highest BCUT2D eigenvalue weighted by atomic mass is 32.2. The van der Waals surface area contributed by atoms with Crippen LogP contribution in [0, 0.1) is 0 Å². The molecule has 1 aromatic heterocycles. The Morgan fingerprint density at radius 1 is 1.04 bits per heavy atom. The molecule has 0 saturated heterocycles. The Hall–Kier alpha value is -3.52. The molecule has 0 spiro atoms. The first-order valence-electron chi connectivity index (χ1n) is 8.43. The van der Waals surface area contributed by atoms with Crippen LogP contribution in [-0.2, 0) is 16.4 Å². The molecule has 2 amide bonds. The molecule has 1 aliphatic rings. The number of fused-ring (bicyclic) bond motifs is 2. The minimum atomic E-state index is -3.89. The Morgan fingerprint density at radius 3 is 2.64 bits per heavy atom. The summed E-state index contributed by atoms with van der Waals surface area (Å²) in [6.45, 7) is 0.278. The molecule has 8 heteroatoms. The number of rotatable bonds is 3. The zero-order chi connectivity index (χ0) is 19.7. The van der Waals surface area contributed by atoms with Crippen LogP contribution >= 0.6 is 0 Å². The lowest BCUT2D eigenvalue weighted by atomic mass is 10.1. The van der Waals surface area contributed by atoms with Gasteiger partial charge in [-0.15, -0.1) is 0 Å². The van der Waals surface area contributed by atoms with Crippen LogP contribution in [0.3, 0.4) is 0 Å². The van der Waals surface area contributed by atoms with Gasteiger partial charge in [0.1, 0.15) is 0 Å². The average Bonchev–Trinajstić information content (AvgIpc) is 2.80. The molecule has 0 atom stereocenters. The number of hydrogen-bond donors (Lipinski definition) is 2. The molecule has 1 aliphatic heterocycles. The predicted molar refractivity (Wildman–Crippen MR) is 102 cm³/mol. The molecule has 0 bridgehead atoms. The molecule has 0 aliphatic carbocycles. The number of benzene rings is 2. The van der Waals surface area contributed by atoms with Gasteiger partial charge in [-0.25, -0.2) is 8.42 Å². The third-order valence-electron chi connectivity index (χ3n) is 4.38. The van der Waals surface area contributed by atoms with Crippen LogP contribution in [0.2, 0.25) is 0 Å². The molecule has 2 heterocycles. The van der Waals surface area contributed by atoms with Crippen molar-refractivity contribution in [2.75, 3.05) is 5.32 Å². The number of aromatic nitrogens is 1. The van der Waals surface area contributed by atoms with Gasteiger partial charge in [-0.05, 0) is 42.0 Å². The molecular formula is C20H15N3O4S. The van der Waals surface area contributed by atoms with Gasteiger partial charge >= 0.3 is 0 Å². The summed E-state index contributed by atoms with van der Waals surface area (Å²) in [4.78, 5) is 28.8. The largest absolute Gasteiger partial charge is 0.348 e. The van der Waals surface area contributed by atoms with Crippen LogP contribution in [0.25, 0.3) is 0 Å². The van der Waals surface area contributed by atoms with Gasteiger partial charge < -0.3 is 10.6 Å². The van der Waals surface area contributed by atoms with E-state index in [2.05, 4.69) is 15.6 Å². The summed E-state index contributed by atoms with van der Waals surface area (Å²) in [5, 5.41) is 5.34. The highest BCUT2D eigenvalue weighted by molar-refractivity contribution is 7.91. The molecule has 7 nitrogen and oxygen atoms in total. The van der Waals surface area contributed by atoms with E-state index in [1.807, 2.05) is 6.07 Å². The van der Waals surface area contributed by atoms with Crippen LogP contribution in [0.5, 0.6) is 0 Å². The Bertz CT molecular complexity index is 1190. The van der Waals surface area contributed by atoms with Crippen molar-refractivity contribution in [3.05, 3.63) is 83.7 Å². The highest BCUT2D eigenvalue weighted by Crippen LogP contribution is 2.34. The van der Waals surface area contributed by atoms with Crippen molar-refractivity contribution in [2.45, 2.75) is 16.3 Å². The van der Waals surface area contributed by atoms with Gasteiger partial charge in [0.15, 0.2) is 0 Å². The third-order valence-corrected chi connectivity index (χ3v) is 6.25. The minimum Gasteiger partial charge on any atom is -0.348 e. The molecule has 2 aromatic carbocycles. The smallest absolute Gasteiger partial charge is 0.257 e. The van der Waals surface area contributed by atoms with E-state index in [9.17, 15) is 18.0 Å². The van der Waals surface area contributed by atoms with E-state index in [1.165, 1.54) is 30.3 Å². The van der Waals surface area contributed by atoms with Crippen LogP contribution in [0.1, 0.15) is 26.3 Å². The quantitative estimate of drug-likeness (QED) is 0.711. The van der Waals surface area contributed by atoms with E-state index >= 15 is 0 Å². The number of amides is 2. The first-order valence-corrected chi connectivity index (χ1v) is 9.92. The summed E-state index contributed by atoms with van der Waals surface area (Å²) >= 11 is 0. The van der Waals surface area contributed by atoms with Crippen molar-refractivity contribution in [1.82, 2.24) is 10.3 Å². The first-order chi connectivity index (χ1) is 13.5. The van der Waals surface area contributed by atoms with Crippen LogP contribution in [0.4, 0.5) is 5.69 Å². The summed E-state index contributed by atoms with van der Waals surface area (Å²) in [7, 11) is -3.89. The van der Waals surface area contributed by atoms with Crippen molar-refractivity contribution in [3.8, 4) is 0 Å². The Labute approximate surface area is 161 Å². The zero-order valence-corrected chi connectivity index (χ0v) is 15.4. The molecule has 0 radical (unpaired) electrons. The van der Waals surface area contributed by atoms with E-state index in [1.54, 1.807) is 30.6 Å². The number of anilines is 1. The minimum absolute atomic E-state index is 0.0467. The summed E-state index contributed by atoms with van der Waals surface area (Å²) in [5.41, 5.74) is 1.22. The van der Waals surface area contributed by atoms with E-state index in [-0.39, 0.29) is 39.1 Å². The van der Waals surface area contributed by atoms with E-state index in [0.717, 1.165) is 5.56 Å². The molecule has 0 fully saturated rings. The van der Waals surface area contributed by atoms with E-state index in [0.29, 0.717) is 0 Å². The van der Waals surface area contributed by atoms with Crippen molar-refractivity contribution >= 4 is 27.3 Å².